The number of aliphatic hydroxyl groups is 2. The first-order chi connectivity index (χ1) is 9.12. The van der Waals surface area contributed by atoms with Gasteiger partial charge in [0.05, 0.1) is 25.7 Å². The lowest BCUT2D eigenvalue weighted by Crippen LogP contribution is -2.25. The van der Waals surface area contributed by atoms with Crippen LogP contribution in [0.2, 0.25) is 0 Å². The molecule has 0 saturated carbocycles. The van der Waals surface area contributed by atoms with Crippen molar-refractivity contribution in [2.45, 2.75) is 13.2 Å². The highest BCUT2D eigenvalue weighted by atomic mass is 16.5. The van der Waals surface area contributed by atoms with Crippen molar-refractivity contribution in [2.75, 3.05) is 13.7 Å². The fourth-order valence-corrected chi connectivity index (χ4v) is 2.09. The number of fused-ring (bicyclic) bond motifs is 1. The number of pyridine rings is 1. The van der Waals surface area contributed by atoms with Crippen molar-refractivity contribution in [3.05, 3.63) is 34.2 Å². The van der Waals surface area contributed by atoms with Crippen LogP contribution in [0.4, 0.5) is 0 Å². The quantitative estimate of drug-likeness (QED) is 0.734. The predicted molar refractivity (Wildman–Crippen MR) is 69.4 cm³/mol. The molecule has 0 bridgehead atoms. The molecule has 3 N–H and O–H groups in total. The van der Waals surface area contributed by atoms with E-state index >= 15 is 0 Å². The van der Waals surface area contributed by atoms with Gasteiger partial charge in [0.1, 0.15) is 11.5 Å². The molecule has 0 spiro atoms. The second-order valence-electron chi connectivity index (χ2n) is 4.08. The number of methoxy groups -OCH3 is 1. The highest BCUT2D eigenvalue weighted by Crippen LogP contribution is 2.28. The van der Waals surface area contributed by atoms with Crippen LogP contribution in [0.5, 0.6) is 11.5 Å². The van der Waals surface area contributed by atoms with Gasteiger partial charge in [-0.25, -0.2) is 0 Å². The van der Waals surface area contributed by atoms with E-state index in [9.17, 15) is 15.0 Å². The average molecular weight is 265 g/mol. The van der Waals surface area contributed by atoms with Gasteiger partial charge in [-0.15, -0.1) is 0 Å². The Labute approximate surface area is 109 Å². The third-order valence-electron chi connectivity index (χ3n) is 2.97. The van der Waals surface area contributed by atoms with Gasteiger partial charge in [-0.1, -0.05) is 0 Å². The highest BCUT2D eigenvalue weighted by Gasteiger charge is 2.13. The van der Waals surface area contributed by atoms with Gasteiger partial charge < -0.3 is 24.6 Å². The molecule has 6 heteroatoms. The number of rotatable bonds is 4. The number of aromatic hydroxyl groups is 1. The lowest BCUT2D eigenvalue weighted by molar-refractivity contribution is 0.248. The van der Waals surface area contributed by atoms with E-state index in [4.69, 9.17) is 9.84 Å². The number of phenols is 1. The molecule has 6 nitrogen and oxygen atoms in total. The minimum absolute atomic E-state index is 0.0656. The number of hydrogen-bond donors (Lipinski definition) is 3. The average Bonchev–Trinajstić information content (AvgIpc) is 2.40. The zero-order chi connectivity index (χ0) is 14.0. The highest BCUT2D eigenvalue weighted by molar-refractivity contribution is 5.89. The maximum atomic E-state index is 12.3. The van der Waals surface area contributed by atoms with Crippen molar-refractivity contribution in [1.29, 1.82) is 0 Å². The summed E-state index contributed by atoms with van der Waals surface area (Å²) in [5.41, 5.74) is -0.0741. The predicted octanol–water partition coefficient (Wildman–Crippen LogP) is 0.200. The Balaban J connectivity index is 2.83. The van der Waals surface area contributed by atoms with E-state index in [0.717, 1.165) is 0 Å². The fourth-order valence-electron chi connectivity index (χ4n) is 2.09. The molecule has 1 aromatic carbocycles. The number of benzene rings is 1. The number of ether oxygens (including phenoxy) is 1. The minimum atomic E-state index is -0.448. The second-order valence-corrected chi connectivity index (χ2v) is 4.08. The number of hydrogen-bond acceptors (Lipinski definition) is 5. The van der Waals surface area contributed by atoms with Gasteiger partial charge in [-0.05, 0) is 17.5 Å². The van der Waals surface area contributed by atoms with Crippen LogP contribution in [0.3, 0.4) is 0 Å². The van der Waals surface area contributed by atoms with E-state index in [-0.39, 0.29) is 30.9 Å². The third-order valence-corrected chi connectivity index (χ3v) is 2.97. The first kappa shape index (κ1) is 13.4. The van der Waals surface area contributed by atoms with E-state index in [0.29, 0.717) is 16.8 Å². The van der Waals surface area contributed by atoms with Crippen molar-refractivity contribution < 1.29 is 20.1 Å². The zero-order valence-electron chi connectivity index (χ0n) is 10.5. The molecular weight excluding hydrogens is 250 g/mol. The fraction of sp³-hybridized carbons (Fsp3) is 0.308. The molecule has 1 heterocycles. The van der Waals surface area contributed by atoms with E-state index in [2.05, 4.69) is 0 Å². The van der Waals surface area contributed by atoms with Gasteiger partial charge in [0.15, 0.2) is 0 Å². The molecule has 19 heavy (non-hydrogen) atoms. The Morgan fingerprint density at radius 3 is 2.58 bits per heavy atom. The summed E-state index contributed by atoms with van der Waals surface area (Å²) >= 11 is 0. The first-order valence-electron chi connectivity index (χ1n) is 5.77. The van der Waals surface area contributed by atoms with Crippen LogP contribution in [0, 0.1) is 0 Å². The summed E-state index contributed by atoms with van der Waals surface area (Å²) < 4.78 is 6.27. The second kappa shape index (κ2) is 5.29. The standard InChI is InChI=1S/C13H15NO5/c1-19-10-5-8-4-9(7-16)14(2-3-15)13(18)12(8)11(17)6-10/h4-6,15-17H,2-3,7H2,1H3. The van der Waals surface area contributed by atoms with E-state index in [1.165, 1.54) is 17.7 Å². The van der Waals surface area contributed by atoms with Crippen molar-refractivity contribution in [2.24, 2.45) is 0 Å². The summed E-state index contributed by atoms with van der Waals surface area (Å²) in [6, 6.07) is 4.55. The van der Waals surface area contributed by atoms with Crippen LogP contribution >= 0.6 is 0 Å². The van der Waals surface area contributed by atoms with Crippen LogP contribution in [-0.4, -0.2) is 33.6 Å². The molecule has 0 saturated heterocycles. The maximum absolute atomic E-state index is 12.3. The lowest BCUT2D eigenvalue weighted by atomic mass is 10.1. The van der Waals surface area contributed by atoms with Gasteiger partial charge in [-0.3, -0.25) is 4.79 Å². The SMILES string of the molecule is COc1cc(O)c2c(=O)n(CCO)c(CO)cc2c1. The molecule has 0 aliphatic rings. The Morgan fingerprint density at radius 2 is 2.00 bits per heavy atom. The molecule has 0 unspecified atom stereocenters. The van der Waals surface area contributed by atoms with Crippen LogP contribution in [-0.2, 0) is 13.2 Å². The van der Waals surface area contributed by atoms with Crippen molar-refractivity contribution in [3.8, 4) is 11.5 Å². The van der Waals surface area contributed by atoms with Gasteiger partial charge >= 0.3 is 0 Å². The molecule has 1 aromatic heterocycles. The number of aliphatic hydroxyl groups excluding tert-OH is 2. The smallest absolute Gasteiger partial charge is 0.262 e. The molecule has 2 rings (SSSR count). The number of nitrogens with zero attached hydrogens (tertiary/aromatic N) is 1. The van der Waals surface area contributed by atoms with Gasteiger partial charge in [-0.2, -0.15) is 0 Å². The lowest BCUT2D eigenvalue weighted by Gasteiger charge is -2.13. The van der Waals surface area contributed by atoms with Gasteiger partial charge in [0.25, 0.3) is 5.56 Å². The van der Waals surface area contributed by atoms with Crippen LogP contribution in [0.1, 0.15) is 5.69 Å². The minimum Gasteiger partial charge on any atom is -0.507 e. The zero-order valence-corrected chi connectivity index (χ0v) is 10.5. The summed E-state index contributed by atoms with van der Waals surface area (Å²) in [5.74, 6) is 0.240. The summed E-state index contributed by atoms with van der Waals surface area (Å²) in [7, 11) is 1.46. The molecule has 2 aromatic rings. The molecule has 0 radical (unpaired) electrons. The van der Waals surface area contributed by atoms with Gasteiger partial charge in [0, 0.05) is 18.3 Å². The number of aromatic nitrogens is 1. The molecule has 0 aliphatic carbocycles. The van der Waals surface area contributed by atoms with Crippen molar-refractivity contribution in [1.82, 2.24) is 4.57 Å². The van der Waals surface area contributed by atoms with E-state index in [1.54, 1.807) is 12.1 Å². The van der Waals surface area contributed by atoms with Crippen molar-refractivity contribution in [3.63, 3.8) is 0 Å². The molecular formula is C13H15NO5. The third kappa shape index (κ3) is 2.27. The van der Waals surface area contributed by atoms with E-state index < -0.39 is 5.56 Å². The number of phenolic OH excluding ortho intramolecular Hbond substituents is 1. The Bertz CT molecular complexity index is 662. The Kier molecular flexibility index (Phi) is 3.73. The molecule has 0 fully saturated rings. The van der Waals surface area contributed by atoms with Crippen LogP contribution in [0.25, 0.3) is 10.8 Å². The Morgan fingerprint density at radius 1 is 1.26 bits per heavy atom. The van der Waals surface area contributed by atoms with E-state index in [1.807, 2.05) is 0 Å². The van der Waals surface area contributed by atoms with Crippen LogP contribution in [0.15, 0.2) is 23.0 Å². The topological polar surface area (TPSA) is 91.9 Å². The maximum Gasteiger partial charge on any atom is 0.262 e. The first-order valence-corrected chi connectivity index (χ1v) is 5.77. The summed E-state index contributed by atoms with van der Waals surface area (Å²) in [6.45, 7) is -0.491. The largest absolute Gasteiger partial charge is 0.507 e. The van der Waals surface area contributed by atoms with Crippen molar-refractivity contribution >= 4 is 10.8 Å². The monoisotopic (exact) mass is 265 g/mol. The molecule has 0 amide bonds. The van der Waals surface area contributed by atoms with Crippen LogP contribution < -0.4 is 10.3 Å². The summed E-state index contributed by atoms with van der Waals surface area (Å²) in [4.78, 5) is 12.3. The van der Waals surface area contributed by atoms with Gasteiger partial charge in [0.2, 0.25) is 0 Å². The Hall–Kier alpha value is -2.05. The summed E-state index contributed by atoms with van der Waals surface area (Å²) in [6.07, 6.45) is 0. The molecule has 0 atom stereocenters. The molecule has 102 valence electrons. The normalized spacial score (nSPS) is 10.9. The molecule has 0 aliphatic heterocycles. The summed E-state index contributed by atoms with van der Waals surface area (Å²) in [5, 5.41) is 28.8.